The Morgan fingerprint density at radius 2 is 2.14 bits per heavy atom. The number of rotatable bonds is 6. The highest BCUT2D eigenvalue weighted by atomic mass is 16.2. The number of carbonyl (C=O) groups is 1. The highest BCUT2D eigenvalue weighted by molar-refractivity contribution is 5.87. The molecule has 0 saturated carbocycles. The Morgan fingerprint density at radius 1 is 1.43 bits per heavy atom. The van der Waals surface area contributed by atoms with Crippen LogP contribution in [0, 0.1) is 0 Å². The van der Waals surface area contributed by atoms with Crippen molar-refractivity contribution >= 4 is 11.7 Å². The molecule has 0 radical (unpaired) electrons. The number of hydrogen-bond donors (Lipinski definition) is 3. The number of carbonyl (C=O) groups excluding carboxylic acids is 1. The first kappa shape index (κ1) is 15.8. The van der Waals surface area contributed by atoms with E-state index in [1.807, 2.05) is 24.3 Å². The molecule has 2 amide bonds. The van der Waals surface area contributed by atoms with Gasteiger partial charge in [0.2, 0.25) is 0 Å². The van der Waals surface area contributed by atoms with Crippen LogP contribution in [-0.4, -0.2) is 36.6 Å². The van der Waals surface area contributed by atoms with Crippen molar-refractivity contribution in [3.63, 3.8) is 0 Å². The lowest BCUT2D eigenvalue weighted by Gasteiger charge is -2.25. The molecule has 5 nitrogen and oxygen atoms in total. The Labute approximate surface area is 126 Å². The molecule has 1 aliphatic heterocycles. The summed E-state index contributed by atoms with van der Waals surface area (Å²) in [6.07, 6.45) is 2.59. The molecular weight excluding hydrogens is 264 g/mol. The lowest BCUT2D eigenvalue weighted by atomic mass is 10.1. The molecule has 116 valence electrons. The second-order valence-corrected chi connectivity index (χ2v) is 5.67. The fraction of sp³-hybridized carbons (Fsp3) is 0.562. The largest absolute Gasteiger partial charge is 0.351 e. The molecule has 4 N–H and O–H groups in total. The molecule has 2 atom stereocenters. The maximum atomic E-state index is 10.8. The van der Waals surface area contributed by atoms with E-state index in [0.717, 1.165) is 18.8 Å². The summed E-state index contributed by atoms with van der Waals surface area (Å²) < 4.78 is 0. The minimum absolute atomic E-state index is 0.298. The number of urea groups is 1. The van der Waals surface area contributed by atoms with Crippen molar-refractivity contribution in [1.29, 1.82) is 0 Å². The van der Waals surface area contributed by atoms with Gasteiger partial charge in [0.15, 0.2) is 0 Å². The topological polar surface area (TPSA) is 70.4 Å². The highest BCUT2D eigenvalue weighted by Crippen LogP contribution is 2.19. The average Bonchev–Trinajstić information content (AvgIpc) is 2.92. The molecule has 2 unspecified atom stereocenters. The van der Waals surface area contributed by atoms with Crippen molar-refractivity contribution in [2.75, 3.05) is 25.0 Å². The van der Waals surface area contributed by atoms with Gasteiger partial charge in [0.25, 0.3) is 0 Å². The van der Waals surface area contributed by atoms with Crippen molar-refractivity contribution in [2.45, 2.75) is 38.8 Å². The van der Waals surface area contributed by atoms with Gasteiger partial charge in [-0.2, -0.15) is 0 Å². The number of amides is 2. The first-order chi connectivity index (χ1) is 10.1. The van der Waals surface area contributed by atoms with E-state index in [-0.39, 0.29) is 0 Å². The number of hydrogen-bond acceptors (Lipinski definition) is 3. The summed E-state index contributed by atoms with van der Waals surface area (Å²) in [4.78, 5) is 13.3. The van der Waals surface area contributed by atoms with Gasteiger partial charge >= 0.3 is 6.03 Å². The average molecular weight is 290 g/mol. The molecule has 1 saturated heterocycles. The molecule has 2 rings (SSSR count). The molecule has 0 bridgehead atoms. The predicted octanol–water partition coefficient (Wildman–Crippen LogP) is 2.31. The lowest BCUT2D eigenvalue weighted by molar-refractivity contribution is 0.255. The number of nitrogens with two attached hydrogens (primary N) is 1. The molecule has 0 spiro atoms. The van der Waals surface area contributed by atoms with Crippen molar-refractivity contribution in [3.8, 4) is 0 Å². The quantitative estimate of drug-likeness (QED) is 0.753. The summed E-state index contributed by atoms with van der Waals surface area (Å²) in [5, 5.41) is 6.18. The molecule has 1 aromatic carbocycles. The Balaban J connectivity index is 1.85. The van der Waals surface area contributed by atoms with Gasteiger partial charge in [0.05, 0.1) is 0 Å². The van der Waals surface area contributed by atoms with Crippen LogP contribution in [0.3, 0.4) is 0 Å². The van der Waals surface area contributed by atoms with Gasteiger partial charge in [0, 0.05) is 24.3 Å². The third-order valence-electron chi connectivity index (χ3n) is 4.24. The van der Waals surface area contributed by atoms with E-state index in [0.29, 0.717) is 12.1 Å². The van der Waals surface area contributed by atoms with Crippen LogP contribution in [0.25, 0.3) is 0 Å². The number of nitrogens with zero attached hydrogens (tertiary/aromatic N) is 1. The minimum atomic E-state index is -0.533. The molecule has 1 heterocycles. The van der Waals surface area contributed by atoms with E-state index < -0.39 is 6.03 Å². The SMILES string of the molecule is CCN1CCCC1CNC(C)c1ccc(NC(N)=O)cc1. The second-order valence-electron chi connectivity index (χ2n) is 5.67. The molecule has 1 fully saturated rings. The van der Waals surface area contributed by atoms with Crippen molar-refractivity contribution in [3.05, 3.63) is 29.8 Å². The Kier molecular flexibility index (Phi) is 5.59. The molecule has 0 aliphatic carbocycles. The van der Waals surface area contributed by atoms with E-state index in [4.69, 9.17) is 5.73 Å². The normalized spacial score (nSPS) is 20.4. The fourth-order valence-corrected chi connectivity index (χ4v) is 2.97. The number of anilines is 1. The molecule has 21 heavy (non-hydrogen) atoms. The van der Waals surface area contributed by atoms with E-state index in [9.17, 15) is 4.79 Å². The van der Waals surface area contributed by atoms with E-state index in [2.05, 4.69) is 29.4 Å². The Hall–Kier alpha value is -1.59. The van der Waals surface area contributed by atoms with Crippen LogP contribution in [0.15, 0.2) is 24.3 Å². The van der Waals surface area contributed by atoms with Crippen LogP contribution in [0.2, 0.25) is 0 Å². The summed E-state index contributed by atoms with van der Waals surface area (Å²) in [6.45, 7) is 7.78. The van der Waals surface area contributed by atoms with Crippen molar-refractivity contribution in [1.82, 2.24) is 10.2 Å². The summed E-state index contributed by atoms with van der Waals surface area (Å²) in [5.41, 5.74) is 7.04. The number of primary amides is 1. The monoisotopic (exact) mass is 290 g/mol. The van der Waals surface area contributed by atoms with Gasteiger partial charge in [-0.3, -0.25) is 4.90 Å². The molecule has 1 aromatic rings. The number of likely N-dealkylation sites (tertiary alicyclic amines) is 1. The molecular formula is C16H26N4O. The third kappa shape index (κ3) is 4.44. The molecule has 1 aliphatic rings. The molecule has 0 aromatic heterocycles. The lowest BCUT2D eigenvalue weighted by Crippen LogP contribution is -2.38. The van der Waals surface area contributed by atoms with Crippen LogP contribution in [0.5, 0.6) is 0 Å². The predicted molar refractivity (Wildman–Crippen MR) is 86.3 cm³/mol. The highest BCUT2D eigenvalue weighted by Gasteiger charge is 2.22. The summed E-state index contributed by atoms with van der Waals surface area (Å²) in [6, 6.07) is 8.23. The zero-order valence-corrected chi connectivity index (χ0v) is 12.9. The number of benzene rings is 1. The van der Waals surface area contributed by atoms with E-state index >= 15 is 0 Å². The van der Waals surface area contributed by atoms with Crippen LogP contribution in [-0.2, 0) is 0 Å². The van der Waals surface area contributed by atoms with Crippen LogP contribution in [0.4, 0.5) is 10.5 Å². The van der Waals surface area contributed by atoms with Gasteiger partial charge in [-0.15, -0.1) is 0 Å². The third-order valence-corrected chi connectivity index (χ3v) is 4.24. The zero-order valence-electron chi connectivity index (χ0n) is 12.9. The Bertz CT molecular complexity index is 460. The number of likely N-dealkylation sites (N-methyl/N-ethyl adjacent to an activating group) is 1. The minimum Gasteiger partial charge on any atom is -0.351 e. The second kappa shape index (κ2) is 7.43. The Morgan fingerprint density at radius 3 is 2.76 bits per heavy atom. The van der Waals surface area contributed by atoms with Gasteiger partial charge in [-0.1, -0.05) is 19.1 Å². The van der Waals surface area contributed by atoms with Crippen molar-refractivity contribution < 1.29 is 4.79 Å². The van der Waals surface area contributed by atoms with E-state index in [1.54, 1.807) is 0 Å². The number of nitrogens with one attached hydrogen (secondary N) is 2. The van der Waals surface area contributed by atoms with Crippen LogP contribution in [0.1, 0.15) is 38.3 Å². The summed E-state index contributed by atoms with van der Waals surface area (Å²) in [5.74, 6) is 0. The maximum Gasteiger partial charge on any atom is 0.316 e. The van der Waals surface area contributed by atoms with Crippen LogP contribution < -0.4 is 16.4 Å². The van der Waals surface area contributed by atoms with Gasteiger partial charge in [0.1, 0.15) is 0 Å². The first-order valence-corrected chi connectivity index (χ1v) is 7.74. The summed E-state index contributed by atoms with van der Waals surface area (Å²) >= 11 is 0. The zero-order chi connectivity index (χ0) is 15.2. The smallest absolute Gasteiger partial charge is 0.316 e. The maximum absolute atomic E-state index is 10.8. The van der Waals surface area contributed by atoms with E-state index in [1.165, 1.54) is 24.9 Å². The van der Waals surface area contributed by atoms with Gasteiger partial charge in [-0.25, -0.2) is 4.79 Å². The van der Waals surface area contributed by atoms with Crippen LogP contribution >= 0.6 is 0 Å². The summed E-state index contributed by atoms with van der Waals surface area (Å²) in [7, 11) is 0. The molecule has 5 heteroatoms. The first-order valence-electron chi connectivity index (χ1n) is 7.74. The standard InChI is InChI=1S/C16H26N4O/c1-3-20-10-4-5-15(20)11-18-12(2)13-6-8-14(9-7-13)19-16(17)21/h6-9,12,15,18H,3-5,10-11H2,1-2H3,(H3,17,19,21). The van der Waals surface area contributed by atoms with Gasteiger partial charge in [-0.05, 0) is 50.6 Å². The van der Waals surface area contributed by atoms with Crippen molar-refractivity contribution in [2.24, 2.45) is 5.73 Å². The fourth-order valence-electron chi connectivity index (χ4n) is 2.97. The van der Waals surface area contributed by atoms with Gasteiger partial charge < -0.3 is 16.4 Å².